The van der Waals surface area contributed by atoms with Crippen LogP contribution in [0, 0.1) is 6.92 Å². The first-order valence-corrected chi connectivity index (χ1v) is 7.70. The molecule has 22 heavy (non-hydrogen) atoms. The molecule has 2 unspecified atom stereocenters. The summed E-state index contributed by atoms with van der Waals surface area (Å²) in [7, 11) is 1.68. The van der Waals surface area contributed by atoms with Crippen LogP contribution in [0.25, 0.3) is 0 Å². The molecule has 1 aromatic carbocycles. The predicted molar refractivity (Wildman–Crippen MR) is 86.1 cm³/mol. The van der Waals surface area contributed by atoms with Crippen LogP contribution in [0.5, 0.6) is 11.5 Å². The van der Waals surface area contributed by atoms with Gasteiger partial charge in [0.2, 0.25) is 0 Å². The number of aromatic hydroxyl groups is 2. The second-order valence-corrected chi connectivity index (χ2v) is 6.27. The number of nitrogens with one attached hydrogen (secondary N) is 1. The van der Waals surface area contributed by atoms with Gasteiger partial charge in [0, 0.05) is 23.4 Å². The van der Waals surface area contributed by atoms with Crippen LogP contribution in [0.2, 0.25) is 0 Å². The lowest BCUT2D eigenvalue weighted by Gasteiger charge is -2.46. The number of rotatable bonds is 2. The van der Waals surface area contributed by atoms with E-state index in [0.717, 1.165) is 29.9 Å². The lowest BCUT2D eigenvalue weighted by molar-refractivity contribution is 0.230. The van der Waals surface area contributed by atoms with Gasteiger partial charge in [-0.1, -0.05) is 12.1 Å². The maximum atomic E-state index is 10.6. The van der Waals surface area contributed by atoms with Gasteiger partial charge in [0.15, 0.2) is 11.5 Å². The maximum Gasteiger partial charge on any atom is 0.161 e. The number of methoxy groups -OCH3 is 1. The third-order valence-corrected chi connectivity index (χ3v) is 5.05. The van der Waals surface area contributed by atoms with Crippen LogP contribution in [-0.2, 0) is 10.2 Å². The lowest BCUT2D eigenvalue weighted by atomic mass is 9.62. The second-order valence-electron chi connectivity index (χ2n) is 6.27. The van der Waals surface area contributed by atoms with E-state index in [0.29, 0.717) is 6.42 Å². The zero-order chi connectivity index (χ0) is 15.9. The number of hydrogen-bond donors (Lipinski definition) is 3. The Morgan fingerprint density at radius 2 is 2.05 bits per heavy atom. The fourth-order valence-electron chi connectivity index (χ4n) is 3.99. The molecule has 3 N–H and O–H groups in total. The van der Waals surface area contributed by atoms with Crippen LogP contribution in [0.4, 0.5) is 0 Å². The minimum absolute atomic E-state index is 0.00245. The molecular formula is C18H23NO3. The normalized spacial score (nSPS) is 27.7. The highest BCUT2D eigenvalue weighted by Crippen LogP contribution is 2.52. The molecular weight excluding hydrogens is 278 g/mol. The highest BCUT2D eigenvalue weighted by Gasteiger charge is 2.45. The number of aryl methyl sites for hydroxylation is 1. The molecule has 0 spiro atoms. The van der Waals surface area contributed by atoms with E-state index in [4.69, 9.17) is 4.74 Å². The maximum absolute atomic E-state index is 10.6. The van der Waals surface area contributed by atoms with Gasteiger partial charge < -0.3 is 20.3 Å². The third-order valence-electron chi connectivity index (χ3n) is 5.05. The summed E-state index contributed by atoms with van der Waals surface area (Å²) in [6, 6.07) is 3.65. The fourth-order valence-corrected chi connectivity index (χ4v) is 3.99. The van der Waals surface area contributed by atoms with E-state index in [1.54, 1.807) is 13.2 Å². The van der Waals surface area contributed by atoms with Crippen molar-refractivity contribution in [2.45, 2.75) is 38.1 Å². The van der Waals surface area contributed by atoms with Crippen LogP contribution >= 0.6 is 0 Å². The van der Waals surface area contributed by atoms with Gasteiger partial charge in [-0.05, 0) is 50.1 Å². The van der Waals surface area contributed by atoms with Crippen molar-refractivity contribution in [1.29, 1.82) is 0 Å². The van der Waals surface area contributed by atoms with E-state index in [1.165, 1.54) is 5.57 Å². The minimum Gasteiger partial charge on any atom is -0.504 e. The second kappa shape index (κ2) is 5.36. The summed E-state index contributed by atoms with van der Waals surface area (Å²) in [5.74, 6) is 0.839. The monoisotopic (exact) mass is 301 g/mol. The molecule has 1 aliphatic heterocycles. The molecule has 0 amide bonds. The third kappa shape index (κ3) is 2.10. The Labute approximate surface area is 131 Å². The van der Waals surface area contributed by atoms with Crippen LogP contribution < -0.4 is 5.32 Å². The molecule has 0 aromatic heterocycles. The SMILES string of the molecule is COC1=CC=C2C(C)NCCC2(c2c(C)ccc(O)c2O)C1. The Kier molecular flexibility index (Phi) is 3.65. The van der Waals surface area contributed by atoms with Crippen molar-refractivity contribution in [2.75, 3.05) is 13.7 Å². The molecule has 0 radical (unpaired) electrons. The van der Waals surface area contributed by atoms with Crippen molar-refractivity contribution in [1.82, 2.24) is 5.32 Å². The van der Waals surface area contributed by atoms with Crippen LogP contribution in [0.3, 0.4) is 0 Å². The van der Waals surface area contributed by atoms with Gasteiger partial charge >= 0.3 is 0 Å². The Hall–Kier alpha value is -1.94. The molecule has 118 valence electrons. The average Bonchev–Trinajstić information content (AvgIpc) is 2.51. The molecule has 3 rings (SSSR count). The van der Waals surface area contributed by atoms with Gasteiger partial charge in [-0.25, -0.2) is 0 Å². The molecule has 1 heterocycles. The first-order chi connectivity index (χ1) is 10.5. The van der Waals surface area contributed by atoms with E-state index in [1.807, 2.05) is 19.1 Å². The molecule has 4 heteroatoms. The molecule has 4 nitrogen and oxygen atoms in total. The standard InChI is InChI=1S/C18H23NO3/c1-11-4-7-15(20)17(21)16(11)18-8-9-19-12(2)14(18)6-5-13(10-18)22-3/h4-7,12,19-21H,8-10H2,1-3H3. The number of piperidine rings is 1. The van der Waals surface area contributed by atoms with Crippen molar-refractivity contribution in [2.24, 2.45) is 0 Å². The number of phenolic OH excluding ortho intramolecular Hbond substituents is 2. The summed E-state index contributed by atoms with van der Waals surface area (Å²) in [4.78, 5) is 0. The average molecular weight is 301 g/mol. The van der Waals surface area contributed by atoms with E-state index in [9.17, 15) is 10.2 Å². The van der Waals surface area contributed by atoms with E-state index >= 15 is 0 Å². The van der Waals surface area contributed by atoms with Gasteiger partial charge in [0.1, 0.15) is 0 Å². The van der Waals surface area contributed by atoms with Crippen LogP contribution in [0.15, 0.2) is 35.6 Å². The largest absolute Gasteiger partial charge is 0.504 e. The van der Waals surface area contributed by atoms with E-state index in [2.05, 4.69) is 18.3 Å². The summed E-state index contributed by atoms with van der Waals surface area (Å²) < 4.78 is 5.48. The Morgan fingerprint density at radius 3 is 2.77 bits per heavy atom. The van der Waals surface area contributed by atoms with Crippen molar-refractivity contribution in [3.63, 3.8) is 0 Å². The lowest BCUT2D eigenvalue weighted by Crippen LogP contribution is -2.49. The molecule has 1 aliphatic carbocycles. The quantitative estimate of drug-likeness (QED) is 0.735. The Morgan fingerprint density at radius 1 is 1.27 bits per heavy atom. The number of hydrogen-bond acceptors (Lipinski definition) is 4. The number of benzene rings is 1. The van der Waals surface area contributed by atoms with Crippen molar-refractivity contribution < 1.29 is 14.9 Å². The minimum atomic E-state index is -0.322. The molecule has 1 aromatic rings. The first kappa shape index (κ1) is 15.0. The number of phenols is 2. The van der Waals surface area contributed by atoms with E-state index in [-0.39, 0.29) is 23.0 Å². The van der Waals surface area contributed by atoms with Crippen LogP contribution in [0.1, 0.15) is 30.9 Å². The first-order valence-electron chi connectivity index (χ1n) is 7.70. The van der Waals surface area contributed by atoms with Crippen molar-refractivity contribution >= 4 is 0 Å². The molecule has 1 fully saturated rings. The predicted octanol–water partition coefficient (Wildman–Crippen LogP) is 2.89. The zero-order valence-electron chi connectivity index (χ0n) is 13.3. The van der Waals surface area contributed by atoms with Gasteiger partial charge in [0.05, 0.1) is 12.9 Å². The van der Waals surface area contributed by atoms with Crippen molar-refractivity contribution in [3.05, 3.63) is 46.7 Å². The number of fused-ring (bicyclic) bond motifs is 1. The van der Waals surface area contributed by atoms with E-state index < -0.39 is 0 Å². The molecule has 1 saturated heterocycles. The zero-order valence-corrected chi connectivity index (χ0v) is 13.3. The van der Waals surface area contributed by atoms with Crippen LogP contribution in [-0.4, -0.2) is 29.9 Å². The fraction of sp³-hybridized carbons (Fsp3) is 0.444. The summed E-state index contributed by atoms with van der Waals surface area (Å²) in [5.41, 5.74) is 2.74. The van der Waals surface area contributed by atoms with Gasteiger partial charge in [-0.2, -0.15) is 0 Å². The Balaban J connectivity index is 2.24. The summed E-state index contributed by atoms with van der Waals surface area (Å²) in [6.45, 7) is 4.99. The van der Waals surface area contributed by atoms with Gasteiger partial charge in [-0.3, -0.25) is 0 Å². The molecule has 0 bridgehead atoms. The highest BCUT2D eigenvalue weighted by molar-refractivity contribution is 5.58. The smallest absolute Gasteiger partial charge is 0.161 e. The highest BCUT2D eigenvalue weighted by atomic mass is 16.5. The van der Waals surface area contributed by atoms with Gasteiger partial charge in [-0.15, -0.1) is 0 Å². The van der Waals surface area contributed by atoms with Crippen molar-refractivity contribution in [3.8, 4) is 11.5 Å². The summed E-state index contributed by atoms with van der Waals surface area (Å²) in [6.07, 6.45) is 5.68. The molecule has 2 atom stereocenters. The number of ether oxygens (including phenoxy) is 1. The number of allylic oxidation sites excluding steroid dienone is 3. The summed E-state index contributed by atoms with van der Waals surface area (Å²) in [5, 5.41) is 24.0. The van der Waals surface area contributed by atoms with Gasteiger partial charge in [0.25, 0.3) is 0 Å². The molecule has 2 aliphatic rings. The topological polar surface area (TPSA) is 61.7 Å². The molecule has 0 saturated carbocycles. The summed E-state index contributed by atoms with van der Waals surface area (Å²) >= 11 is 0. The Bertz CT molecular complexity index is 663.